The zero-order valence-corrected chi connectivity index (χ0v) is 15.1. The summed E-state index contributed by atoms with van der Waals surface area (Å²) in [5.74, 6) is 0.342. The maximum Gasteiger partial charge on any atom is 0.184 e. The van der Waals surface area contributed by atoms with Crippen molar-refractivity contribution >= 4 is 8.32 Å². The molecular weight excluding hydrogens is 254 g/mol. The molecule has 19 heavy (non-hydrogen) atoms. The summed E-state index contributed by atoms with van der Waals surface area (Å²) in [6.45, 7) is 17.6. The fourth-order valence-electron chi connectivity index (χ4n) is 3.27. The first-order valence-electron chi connectivity index (χ1n) is 7.67. The molecule has 4 unspecified atom stereocenters. The van der Waals surface area contributed by atoms with E-state index in [9.17, 15) is 5.21 Å². The van der Waals surface area contributed by atoms with Gasteiger partial charge in [0.1, 0.15) is 0 Å². The zero-order valence-electron chi connectivity index (χ0n) is 14.1. The number of piperidine rings is 1. The monoisotopic (exact) mass is 287 g/mol. The van der Waals surface area contributed by atoms with Crippen LogP contribution in [0.15, 0.2) is 0 Å². The van der Waals surface area contributed by atoms with Crippen LogP contribution in [0, 0.1) is 5.92 Å². The predicted molar refractivity (Wildman–Crippen MR) is 83.0 cm³/mol. The molecule has 3 nitrogen and oxygen atoms in total. The van der Waals surface area contributed by atoms with Gasteiger partial charge in [0.15, 0.2) is 8.32 Å². The van der Waals surface area contributed by atoms with Crippen LogP contribution in [0.4, 0.5) is 0 Å². The Kier molecular flexibility index (Phi) is 4.94. The van der Waals surface area contributed by atoms with Crippen LogP contribution in [0.3, 0.4) is 0 Å². The largest absolute Gasteiger partial charge is 0.414 e. The van der Waals surface area contributed by atoms with E-state index < -0.39 is 8.32 Å². The summed E-state index contributed by atoms with van der Waals surface area (Å²) in [5, 5.41) is 12.4. The van der Waals surface area contributed by atoms with Crippen LogP contribution < -0.4 is 0 Å². The van der Waals surface area contributed by atoms with Crippen LogP contribution in [0.5, 0.6) is 0 Å². The van der Waals surface area contributed by atoms with E-state index in [1.54, 1.807) is 5.06 Å². The highest BCUT2D eigenvalue weighted by molar-refractivity contribution is 6.69. The molecule has 0 aliphatic carbocycles. The van der Waals surface area contributed by atoms with Gasteiger partial charge in [-0.25, -0.2) is 0 Å². The van der Waals surface area contributed by atoms with Crippen LogP contribution in [0.25, 0.3) is 0 Å². The second-order valence-corrected chi connectivity index (χ2v) is 12.1. The molecule has 0 aromatic rings. The lowest BCUT2D eigenvalue weighted by atomic mass is 9.69. The van der Waals surface area contributed by atoms with E-state index in [1.165, 1.54) is 0 Å². The summed E-state index contributed by atoms with van der Waals surface area (Å²) in [6, 6.07) is 0. The summed E-state index contributed by atoms with van der Waals surface area (Å²) < 4.78 is 6.43. The minimum atomic E-state index is -1.56. The standard InChI is InChI=1S/C15H33NO2Si/c1-9-14(4)11-13(18-19(6,7)8)12(3)15(5,10-2)16(14)17/h12-13,17H,9-11H2,1-8H3. The van der Waals surface area contributed by atoms with Gasteiger partial charge in [0.05, 0.1) is 6.10 Å². The zero-order chi connectivity index (χ0) is 15.1. The van der Waals surface area contributed by atoms with Gasteiger partial charge in [-0.15, -0.1) is 0 Å². The fourth-order valence-corrected chi connectivity index (χ4v) is 4.47. The summed E-state index contributed by atoms with van der Waals surface area (Å²) in [7, 11) is -1.56. The van der Waals surface area contributed by atoms with Crippen molar-refractivity contribution < 1.29 is 9.63 Å². The average molecular weight is 288 g/mol. The highest BCUT2D eigenvalue weighted by Crippen LogP contribution is 2.45. The summed E-state index contributed by atoms with van der Waals surface area (Å²) >= 11 is 0. The van der Waals surface area contributed by atoms with Crippen molar-refractivity contribution in [1.82, 2.24) is 5.06 Å². The highest BCUT2D eigenvalue weighted by atomic mass is 28.4. The third-order valence-electron chi connectivity index (χ3n) is 5.16. The summed E-state index contributed by atoms with van der Waals surface area (Å²) in [6.07, 6.45) is 3.05. The van der Waals surface area contributed by atoms with Crippen molar-refractivity contribution in [1.29, 1.82) is 0 Å². The van der Waals surface area contributed by atoms with E-state index in [4.69, 9.17) is 4.43 Å². The van der Waals surface area contributed by atoms with Crippen molar-refractivity contribution in [2.45, 2.75) is 90.7 Å². The fraction of sp³-hybridized carbons (Fsp3) is 1.00. The minimum Gasteiger partial charge on any atom is -0.414 e. The molecule has 0 spiro atoms. The van der Waals surface area contributed by atoms with Gasteiger partial charge in [-0.1, -0.05) is 20.8 Å². The Hall–Kier alpha value is 0.0969. The van der Waals surface area contributed by atoms with Crippen LogP contribution in [0.2, 0.25) is 19.6 Å². The number of nitrogens with zero attached hydrogens (tertiary/aromatic N) is 1. The molecule has 1 saturated heterocycles. The molecule has 1 rings (SSSR count). The van der Waals surface area contributed by atoms with Gasteiger partial charge in [0.25, 0.3) is 0 Å². The highest BCUT2D eigenvalue weighted by Gasteiger charge is 2.53. The molecule has 1 aliphatic rings. The summed E-state index contributed by atoms with van der Waals surface area (Å²) in [4.78, 5) is 0. The van der Waals surface area contributed by atoms with Gasteiger partial charge in [-0.3, -0.25) is 0 Å². The van der Waals surface area contributed by atoms with Gasteiger partial charge in [-0.2, -0.15) is 5.06 Å². The van der Waals surface area contributed by atoms with E-state index >= 15 is 0 Å². The van der Waals surface area contributed by atoms with Crippen molar-refractivity contribution in [3.8, 4) is 0 Å². The molecule has 0 aromatic heterocycles. The van der Waals surface area contributed by atoms with Gasteiger partial charge in [0.2, 0.25) is 0 Å². The molecule has 1 aliphatic heterocycles. The number of rotatable bonds is 4. The smallest absolute Gasteiger partial charge is 0.184 e. The van der Waals surface area contributed by atoms with Crippen LogP contribution in [-0.4, -0.2) is 35.8 Å². The van der Waals surface area contributed by atoms with Crippen LogP contribution in [-0.2, 0) is 4.43 Å². The molecule has 4 heteroatoms. The Morgan fingerprint density at radius 1 is 1.21 bits per heavy atom. The lowest BCUT2D eigenvalue weighted by molar-refractivity contribution is -0.285. The quantitative estimate of drug-likeness (QED) is 0.784. The average Bonchev–Trinajstić information content (AvgIpc) is 2.31. The second-order valence-electron chi connectivity index (χ2n) is 7.63. The van der Waals surface area contributed by atoms with E-state index in [0.717, 1.165) is 19.3 Å². The molecule has 114 valence electrons. The molecule has 1 fully saturated rings. The van der Waals surface area contributed by atoms with Crippen molar-refractivity contribution in [3.05, 3.63) is 0 Å². The summed E-state index contributed by atoms with van der Waals surface area (Å²) in [5.41, 5.74) is -0.380. The topological polar surface area (TPSA) is 32.7 Å². The van der Waals surface area contributed by atoms with E-state index in [2.05, 4.69) is 54.3 Å². The third kappa shape index (κ3) is 3.23. The lowest BCUT2D eigenvalue weighted by Crippen LogP contribution is -2.67. The first-order chi connectivity index (χ1) is 8.50. The molecule has 0 amide bonds. The van der Waals surface area contributed by atoms with Crippen LogP contribution >= 0.6 is 0 Å². The third-order valence-corrected chi connectivity index (χ3v) is 6.17. The predicted octanol–water partition coefficient (Wildman–Crippen LogP) is 4.27. The Bertz CT molecular complexity index is 318. The van der Waals surface area contributed by atoms with Gasteiger partial charge >= 0.3 is 0 Å². The van der Waals surface area contributed by atoms with Crippen molar-refractivity contribution in [2.24, 2.45) is 5.92 Å². The normalized spacial score (nSPS) is 41.5. The molecule has 0 aromatic carbocycles. The number of hydrogen-bond donors (Lipinski definition) is 1. The molecule has 1 heterocycles. The molecule has 0 saturated carbocycles. The van der Waals surface area contributed by atoms with Gasteiger partial charge in [-0.05, 0) is 52.8 Å². The Morgan fingerprint density at radius 3 is 2.11 bits per heavy atom. The second kappa shape index (κ2) is 5.47. The maximum atomic E-state index is 10.7. The van der Waals surface area contributed by atoms with E-state index in [0.29, 0.717) is 5.92 Å². The van der Waals surface area contributed by atoms with Crippen molar-refractivity contribution in [2.75, 3.05) is 0 Å². The van der Waals surface area contributed by atoms with E-state index in [1.807, 2.05) is 0 Å². The minimum absolute atomic E-state index is 0.179. The lowest BCUT2D eigenvalue weighted by Gasteiger charge is -2.58. The maximum absolute atomic E-state index is 10.7. The first kappa shape index (κ1) is 17.1. The molecule has 4 atom stereocenters. The molecule has 0 bridgehead atoms. The van der Waals surface area contributed by atoms with Gasteiger partial charge < -0.3 is 9.63 Å². The molecule has 0 radical (unpaired) electrons. The first-order valence-corrected chi connectivity index (χ1v) is 11.1. The van der Waals surface area contributed by atoms with Crippen molar-refractivity contribution in [3.63, 3.8) is 0 Å². The molecular formula is C15H33NO2Si. The number of hydrogen-bond acceptors (Lipinski definition) is 3. The molecule has 1 N–H and O–H groups in total. The Labute approximate surface area is 120 Å². The number of hydroxylamine groups is 2. The Morgan fingerprint density at radius 2 is 1.74 bits per heavy atom. The van der Waals surface area contributed by atoms with Crippen LogP contribution in [0.1, 0.15) is 53.9 Å². The Balaban J connectivity index is 3.09. The van der Waals surface area contributed by atoms with Gasteiger partial charge in [0, 0.05) is 17.0 Å². The van der Waals surface area contributed by atoms with E-state index in [-0.39, 0.29) is 17.2 Å². The SMILES string of the molecule is CCC1(C)CC(O[Si](C)(C)C)C(C)C(C)(CC)N1O.